The lowest BCUT2D eigenvalue weighted by molar-refractivity contribution is 0.0997. The molecule has 1 aliphatic heterocycles. The number of ketones is 1. The minimum absolute atomic E-state index is 0.285. The average molecular weight is 471 g/mol. The molecule has 0 saturated heterocycles. The maximum absolute atomic E-state index is 12.9. The molecule has 0 aliphatic carbocycles. The second kappa shape index (κ2) is 9.13. The number of Topliss-reactive ketones (excluding diaryl/α,β-unsaturated/α-hetero) is 1. The van der Waals surface area contributed by atoms with Gasteiger partial charge in [0.25, 0.3) is 3.79 Å². The number of ether oxygens (including phenoxy) is 1. The van der Waals surface area contributed by atoms with E-state index in [4.69, 9.17) is 39.5 Å². The van der Waals surface area contributed by atoms with Crippen LogP contribution in [0.25, 0.3) is 0 Å². The zero-order valence-corrected chi connectivity index (χ0v) is 19.8. The highest BCUT2D eigenvalue weighted by Crippen LogP contribution is 2.48. The quantitative estimate of drug-likeness (QED) is 0.304. The van der Waals surface area contributed by atoms with Crippen LogP contribution < -0.4 is 19.9 Å². The molecule has 1 aliphatic rings. The van der Waals surface area contributed by atoms with Gasteiger partial charge in [0.05, 0.1) is 16.9 Å². The third kappa shape index (κ3) is 4.43. The van der Waals surface area contributed by atoms with Crippen molar-refractivity contribution in [2.45, 2.75) is 31.5 Å². The fourth-order valence-corrected chi connectivity index (χ4v) is 3.96. The fourth-order valence-electron chi connectivity index (χ4n) is 3.65. The Morgan fingerprint density at radius 2 is 1.47 bits per heavy atom. The van der Waals surface area contributed by atoms with Crippen LogP contribution in [0.4, 0.5) is 22.7 Å². The summed E-state index contributed by atoms with van der Waals surface area (Å²) in [5.41, 5.74) is 3.45. The molecule has 0 fully saturated rings. The molecule has 0 unspecified atom stereocenters. The standard InChI is InChI=1S/C22H26Cl3N3O2/c1-5-27(6-2)14-9-10-17-18(12-14)30-19-13-15(28(7-3)8-4)11-16(20(19)26-17)21(29)22(23,24)25/h9-13,26H,5-8H2,1-4H3. The van der Waals surface area contributed by atoms with E-state index in [1.165, 1.54) is 0 Å². The van der Waals surface area contributed by atoms with Crippen LogP contribution in [0, 0.1) is 0 Å². The number of alkyl halides is 3. The van der Waals surface area contributed by atoms with Crippen LogP contribution in [0.5, 0.6) is 11.5 Å². The van der Waals surface area contributed by atoms with E-state index in [0.29, 0.717) is 17.2 Å². The number of carbonyl (C=O) groups excluding carboxylic acids is 1. The van der Waals surface area contributed by atoms with E-state index in [0.717, 1.165) is 43.2 Å². The molecule has 5 nitrogen and oxygen atoms in total. The molecule has 0 radical (unpaired) electrons. The molecule has 0 amide bonds. The minimum atomic E-state index is -2.07. The molecule has 8 heteroatoms. The van der Waals surface area contributed by atoms with Crippen LogP contribution in [-0.4, -0.2) is 35.8 Å². The highest BCUT2D eigenvalue weighted by molar-refractivity contribution is 6.77. The number of anilines is 4. The van der Waals surface area contributed by atoms with Crippen LogP contribution in [0.15, 0.2) is 30.3 Å². The Labute approximate surface area is 192 Å². The molecule has 0 saturated carbocycles. The number of benzene rings is 2. The predicted octanol–water partition coefficient (Wildman–Crippen LogP) is 6.78. The maximum Gasteiger partial charge on any atom is 0.253 e. The van der Waals surface area contributed by atoms with Gasteiger partial charge in [0, 0.05) is 49.7 Å². The van der Waals surface area contributed by atoms with E-state index in [1.807, 2.05) is 38.1 Å². The molecular weight excluding hydrogens is 445 g/mol. The summed E-state index contributed by atoms with van der Waals surface area (Å²) in [7, 11) is 0. The molecule has 0 bridgehead atoms. The SMILES string of the molecule is CCN(CC)c1ccc2c(c1)Oc1cc(N(CC)CC)cc(C(=O)C(Cl)(Cl)Cl)c1N2. The Bertz CT molecular complexity index is 936. The lowest BCUT2D eigenvalue weighted by Gasteiger charge is -2.29. The summed E-state index contributed by atoms with van der Waals surface area (Å²) in [6.07, 6.45) is 0. The Morgan fingerprint density at radius 3 is 2.03 bits per heavy atom. The van der Waals surface area contributed by atoms with Gasteiger partial charge in [0.2, 0.25) is 5.78 Å². The van der Waals surface area contributed by atoms with Crippen molar-refractivity contribution < 1.29 is 9.53 Å². The number of carbonyl (C=O) groups is 1. The van der Waals surface area contributed by atoms with Crippen molar-refractivity contribution >= 4 is 63.3 Å². The third-order valence-corrected chi connectivity index (χ3v) is 5.81. The first-order valence-electron chi connectivity index (χ1n) is 10.1. The summed E-state index contributed by atoms with van der Waals surface area (Å²) in [4.78, 5) is 17.3. The predicted molar refractivity (Wildman–Crippen MR) is 128 cm³/mol. The van der Waals surface area contributed by atoms with Crippen LogP contribution >= 0.6 is 34.8 Å². The summed E-state index contributed by atoms with van der Waals surface area (Å²) in [5, 5.41) is 3.31. The first-order valence-corrected chi connectivity index (χ1v) is 11.2. The topological polar surface area (TPSA) is 44.8 Å². The summed E-state index contributed by atoms with van der Waals surface area (Å²) in [6, 6.07) is 9.62. The Balaban J connectivity index is 2.11. The van der Waals surface area contributed by atoms with Crippen molar-refractivity contribution in [1.82, 2.24) is 0 Å². The molecule has 2 aromatic carbocycles. The average Bonchev–Trinajstić information content (AvgIpc) is 2.72. The lowest BCUT2D eigenvalue weighted by Crippen LogP contribution is -2.25. The van der Waals surface area contributed by atoms with Gasteiger partial charge in [0.15, 0.2) is 11.5 Å². The van der Waals surface area contributed by atoms with Gasteiger partial charge in [-0.25, -0.2) is 0 Å². The molecule has 2 aromatic rings. The Hall–Kier alpha value is -1.82. The van der Waals surface area contributed by atoms with Crippen LogP contribution in [0.3, 0.4) is 0 Å². The highest BCUT2D eigenvalue weighted by Gasteiger charge is 2.36. The van der Waals surface area contributed by atoms with Gasteiger partial charge in [-0.1, -0.05) is 34.8 Å². The van der Waals surface area contributed by atoms with Gasteiger partial charge in [0.1, 0.15) is 0 Å². The molecule has 0 atom stereocenters. The molecule has 0 aromatic heterocycles. The Morgan fingerprint density at radius 1 is 0.900 bits per heavy atom. The summed E-state index contributed by atoms with van der Waals surface area (Å²) >= 11 is 17.8. The molecular formula is C22H26Cl3N3O2. The van der Waals surface area contributed by atoms with Gasteiger partial charge >= 0.3 is 0 Å². The van der Waals surface area contributed by atoms with E-state index in [-0.39, 0.29) is 5.56 Å². The van der Waals surface area contributed by atoms with Crippen molar-refractivity contribution in [2.75, 3.05) is 41.3 Å². The number of hydrogen-bond donors (Lipinski definition) is 1. The van der Waals surface area contributed by atoms with Crippen molar-refractivity contribution in [3.05, 3.63) is 35.9 Å². The van der Waals surface area contributed by atoms with Crippen molar-refractivity contribution in [3.8, 4) is 11.5 Å². The van der Waals surface area contributed by atoms with Gasteiger partial charge in [-0.15, -0.1) is 0 Å². The van der Waals surface area contributed by atoms with Gasteiger partial charge in [-0.2, -0.15) is 0 Å². The molecule has 162 valence electrons. The lowest BCUT2D eigenvalue weighted by atomic mass is 10.0. The monoisotopic (exact) mass is 469 g/mol. The van der Waals surface area contributed by atoms with Crippen LogP contribution in [0.2, 0.25) is 0 Å². The second-order valence-electron chi connectivity index (χ2n) is 6.95. The number of fused-ring (bicyclic) bond motifs is 2. The zero-order chi connectivity index (χ0) is 22.1. The first kappa shape index (κ1) is 22.9. The largest absolute Gasteiger partial charge is 0.453 e. The van der Waals surface area contributed by atoms with Gasteiger partial charge < -0.3 is 19.9 Å². The number of halogens is 3. The highest BCUT2D eigenvalue weighted by atomic mass is 35.6. The van der Waals surface area contributed by atoms with Gasteiger partial charge in [-0.3, -0.25) is 4.79 Å². The van der Waals surface area contributed by atoms with E-state index in [2.05, 4.69) is 29.0 Å². The Kier molecular flexibility index (Phi) is 6.95. The second-order valence-corrected chi connectivity index (χ2v) is 9.23. The van der Waals surface area contributed by atoms with E-state index in [1.54, 1.807) is 6.07 Å². The zero-order valence-electron chi connectivity index (χ0n) is 17.6. The maximum atomic E-state index is 12.9. The first-order chi connectivity index (χ1) is 14.2. The van der Waals surface area contributed by atoms with Crippen molar-refractivity contribution in [3.63, 3.8) is 0 Å². The fraction of sp³-hybridized carbons (Fsp3) is 0.409. The molecule has 30 heavy (non-hydrogen) atoms. The number of nitrogens with zero attached hydrogens (tertiary/aromatic N) is 2. The molecule has 0 spiro atoms. The normalized spacial score (nSPS) is 12.4. The van der Waals surface area contributed by atoms with Crippen LogP contribution in [0.1, 0.15) is 38.1 Å². The van der Waals surface area contributed by atoms with E-state index < -0.39 is 9.58 Å². The van der Waals surface area contributed by atoms with E-state index >= 15 is 0 Å². The number of rotatable bonds is 7. The van der Waals surface area contributed by atoms with Gasteiger partial charge in [-0.05, 0) is 45.9 Å². The molecule has 3 rings (SSSR count). The van der Waals surface area contributed by atoms with Crippen molar-refractivity contribution in [1.29, 1.82) is 0 Å². The third-order valence-electron chi connectivity index (χ3n) is 5.29. The van der Waals surface area contributed by atoms with Crippen LogP contribution in [-0.2, 0) is 0 Å². The minimum Gasteiger partial charge on any atom is -0.453 e. The molecule has 1 N–H and O–H groups in total. The number of nitrogens with one attached hydrogen (secondary N) is 1. The summed E-state index contributed by atoms with van der Waals surface area (Å²) in [5.74, 6) is 0.620. The molecule has 1 heterocycles. The summed E-state index contributed by atoms with van der Waals surface area (Å²) < 4.78 is 4.18. The van der Waals surface area contributed by atoms with Crippen molar-refractivity contribution in [2.24, 2.45) is 0 Å². The van der Waals surface area contributed by atoms with E-state index in [9.17, 15) is 4.79 Å². The number of hydrogen-bond acceptors (Lipinski definition) is 5. The smallest absolute Gasteiger partial charge is 0.253 e. The summed E-state index contributed by atoms with van der Waals surface area (Å²) in [6.45, 7) is 11.7.